The number of hydrogen-bond acceptors (Lipinski definition) is 1. The first-order valence-electron chi connectivity index (χ1n) is 57.9. The van der Waals surface area contributed by atoms with Crippen LogP contribution in [0.1, 0.15) is 557 Å². The van der Waals surface area contributed by atoms with E-state index in [4.69, 9.17) is 34.8 Å². The summed E-state index contributed by atoms with van der Waals surface area (Å²) < 4.78 is 39.7. The topological polar surface area (TPSA) is 12.9 Å². The van der Waals surface area contributed by atoms with E-state index in [1.165, 1.54) is 122 Å². The highest BCUT2D eigenvalue weighted by Gasteiger charge is 2.29. The molecule has 0 saturated heterocycles. The minimum atomic E-state index is -0.156. The minimum absolute atomic E-state index is 0.0632. The normalized spacial score (nSPS) is 14.7. The number of aromatic nitrogens is 1. The molecule has 0 spiro atoms. The van der Waals surface area contributed by atoms with E-state index in [1.807, 2.05) is 80.8 Å². The lowest BCUT2D eigenvalue weighted by atomic mass is 9.81. The Morgan fingerprint density at radius 2 is 0.607 bits per heavy atom. The third kappa shape index (κ3) is 82.6. The molecule has 0 N–H and O–H groups in total. The third-order valence-corrected chi connectivity index (χ3v) is 27.4. The molecule has 1 aliphatic carbocycles. The van der Waals surface area contributed by atoms with Crippen LogP contribution >= 0.6 is 34.8 Å². The van der Waals surface area contributed by atoms with Gasteiger partial charge in [0.25, 0.3) is 0 Å². The SMILES string of the molecule is C=CC(C)CC(C)(C)C.CC(C)(C)CC1CC1.CC(C)C(C)CC(C)(C)C.CC(CC(C)(C)C)c1ccc(Cl)cc1.CC(CC(C)(C)C)c1ccc(F)cc1.CC(CC(C)(C)C)c1ccccc1.CC(CC(C)(C)C)c1ccncc1.CCC(C)CC(C)(C)C.Cc1ccc(C(C)CC(C)(C)C)c(Cl)c1.Cc1ccc(C(C)CC(C)(C)C)c(F)c1.Cc1ccc(C(C)CC(C)(C)C)cc1Cl.Cc1ccc(C(C)CC(C)(C)C)cc1F. The Labute approximate surface area is 946 Å². The van der Waals surface area contributed by atoms with Crippen LogP contribution in [0, 0.1) is 140 Å². The van der Waals surface area contributed by atoms with E-state index in [0.717, 1.165) is 92.2 Å². The maximum absolute atomic E-state index is 13.7. The molecule has 1 fully saturated rings. The Morgan fingerprint density at radius 3 is 0.893 bits per heavy atom. The molecule has 7 heteroatoms. The Balaban J connectivity index is -0.00000158. The first-order chi connectivity index (χ1) is 67.7. The van der Waals surface area contributed by atoms with Crippen molar-refractivity contribution >= 4 is 34.8 Å². The number of allylic oxidation sites excluding steroid dienone is 1. The second kappa shape index (κ2) is 68.7. The summed E-state index contributed by atoms with van der Waals surface area (Å²) >= 11 is 18.2. The van der Waals surface area contributed by atoms with E-state index >= 15 is 0 Å². The highest BCUT2D eigenvalue weighted by atomic mass is 35.5. The maximum atomic E-state index is 13.7. The van der Waals surface area contributed by atoms with Gasteiger partial charge in [-0.3, -0.25) is 4.98 Å². The zero-order valence-corrected chi connectivity index (χ0v) is 110. The van der Waals surface area contributed by atoms with E-state index in [2.05, 4.69) is 456 Å². The second-order valence-corrected chi connectivity index (χ2v) is 61.9. The van der Waals surface area contributed by atoms with E-state index < -0.39 is 0 Å². The summed E-state index contributed by atoms with van der Waals surface area (Å²) in [5.74, 6) is 8.22. The molecule has 7 aromatic carbocycles. The smallest absolute Gasteiger partial charge is 0.126 e. The molecular formula is C143H237Cl3F3N. The summed E-state index contributed by atoms with van der Waals surface area (Å²) in [5, 5.41) is 2.61. The number of nitrogens with zero attached hydrogens (tertiary/aromatic N) is 1. The first-order valence-corrected chi connectivity index (χ1v) is 59.0. The standard InChI is InChI=1S/2C14H21Cl.2C14H21F.C13H19Cl.C13H19F.C13H20.C12H19N.C10H22.C9H20.C9H18.C8H16/c1-10-6-7-12(8-13(10)15)11(2)9-14(3,4)5;1-10-6-7-12(13(15)8-10)11(2)9-14(3,4)5;1-10-6-7-12(8-13(10)15)11(2)9-14(3,4)5;1-10-6-7-12(13(15)8-10)11(2)9-14(3,4)5;2*1-10(9-13(2,3)4)11-5-7-12(14)8-6-11;1-11(10-13(2,3)4)12-8-6-5-7-9-12;1-10(9-12(2,3)4)11-5-7-13-8-6-11;1-8(2)9(3)7-10(4,5)6;2*1-6-8(2)7-9(3,4)5;1-8(2,3)6-7-4-5-7/h4*6-8,11H,9H2,1-5H3;2*5-8,10H,9H2,1-4H3;5-9,11H,10H2,1-4H3;5-8,10H,9H2,1-4H3;8-9H,7H2,1-6H3;8H,6-7H2,1-5H3;6,8H,1,7H2,2-5H3;7H,4-6H2,1-3H3. The first kappa shape index (κ1) is 148. The van der Waals surface area contributed by atoms with Gasteiger partial charge in [0.05, 0.1) is 0 Å². The van der Waals surface area contributed by atoms with Gasteiger partial charge in [0, 0.05) is 27.5 Å². The largest absolute Gasteiger partial charge is 0.265 e. The highest BCUT2D eigenvalue weighted by molar-refractivity contribution is 6.32. The van der Waals surface area contributed by atoms with Crippen LogP contribution in [0.5, 0.6) is 0 Å². The summed E-state index contributed by atoms with van der Waals surface area (Å²) in [5.41, 5.74) is 19.0. The third-order valence-electron chi connectivity index (χ3n) is 26.4. The minimum Gasteiger partial charge on any atom is -0.265 e. The predicted octanol–water partition coefficient (Wildman–Crippen LogP) is 50.1. The molecule has 0 amide bonds. The second-order valence-electron chi connectivity index (χ2n) is 60.6. The van der Waals surface area contributed by atoms with Crippen LogP contribution in [-0.4, -0.2) is 4.98 Å². The fourth-order valence-corrected chi connectivity index (χ4v) is 20.6. The lowest BCUT2D eigenvalue weighted by molar-refractivity contribution is 0.260. The quantitative estimate of drug-likeness (QED) is 0.0582. The number of rotatable bonds is 23. The van der Waals surface area contributed by atoms with Crippen molar-refractivity contribution in [1.82, 2.24) is 4.98 Å². The molecule has 150 heavy (non-hydrogen) atoms. The Morgan fingerprint density at radius 1 is 0.300 bits per heavy atom. The number of pyridine rings is 1. The summed E-state index contributed by atoms with van der Waals surface area (Å²) in [6.45, 7) is 125. The fourth-order valence-electron chi connectivity index (χ4n) is 19.9. The number of halogens is 6. The number of benzene rings is 7. The summed E-state index contributed by atoms with van der Waals surface area (Å²) in [6, 6.07) is 53.8. The van der Waals surface area contributed by atoms with E-state index in [1.54, 1.807) is 19.1 Å². The van der Waals surface area contributed by atoms with Gasteiger partial charge in [0.15, 0.2) is 0 Å². The molecule has 856 valence electrons. The van der Waals surface area contributed by atoms with Gasteiger partial charge < -0.3 is 0 Å². The average Bonchev–Trinajstić information content (AvgIpc) is 1.35. The Hall–Kier alpha value is -5.91. The van der Waals surface area contributed by atoms with E-state index in [9.17, 15) is 13.2 Å². The van der Waals surface area contributed by atoms with Crippen molar-refractivity contribution in [2.24, 2.45) is 94.6 Å². The molecule has 0 radical (unpaired) electrons. The van der Waals surface area contributed by atoms with Crippen LogP contribution in [0.15, 0.2) is 189 Å². The van der Waals surface area contributed by atoms with Crippen LogP contribution in [0.3, 0.4) is 0 Å². The molecule has 1 aromatic heterocycles. The molecule has 1 aliphatic rings. The van der Waals surface area contributed by atoms with Crippen LogP contribution in [0.4, 0.5) is 13.2 Å². The molecule has 0 aliphatic heterocycles. The van der Waals surface area contributed by atoms with Gasteiger partial charge in [-0.15, -0.1) is 6.58 Å². The van der Waals surface area contributed by atoms with Gasteiger partial charge in [0.2, 0.25) is 0 Å². The molecule has 1 saturated carbocycles. The molecule has 9 rings (SSSR count). The summed E-state index contributed by atoms with van der Waals surface area (Å²) in [7, 11) is 0. The summed E-state index contributed by atoms with van der Waals surface area (Å²) in [4.78, 5) is 4.02. The van der Waals surface area contributed by atoms with Crippen LogP contribution in [0.25, 0.3) is 0 Å². The zero-order chi connectivity index (χ0) is 117. The molecule has 1 nitrogen and oxygen atoms in total. The Bertz CT molecular complexity index is 4590. The molecule has 11 unspecified atom stereocenters. The van der Waals surface area contributed by atoms with Crippen molar-refractivity contribution in [1.29, 1.82) is 0 Å². The van der Waals surface area contributed by atoms with Crippen molar-refractivity contribution in [2.45, 2.75) is 518 Å². The molecule has 11 atom stereocenters. The number of aryl methyl sites for hydroxylation is 4. The molecule has 0 bridgehead atoms. The van der Waals surface area contributed by atoms with Crippen LogP contribution < -0.4 is 0 Å². The van der Waals surface area contributed by atoms with Crippen molar-refractivity contribution < 1.29 is 13.2 Å². The zero-order valence-electron chi connectivity index (χ0n) is 108. The molecule has 8 aromatic rings. The fraction of sp³-hybridized carbons (Fsp3) is 0.657. The van der Waals surface area contributed by atoms with Gasteiger partial charge in [-0.1, -0.05) is 509 Å². The van der Waals surface area contributed by atoms with Gasteiger partial charge in [-0.25, -0.2) is 13.2 Å². The highest BCUT2D eigenvalue weighted by Crippen LogP contribution is 2.43. The van der Waals surface area contributed by atoms with Crippen molar-refractivity contribution in [3.63, 3.8) is 0 Å². The lowest BCUT2D eigenvalue weighted by Gasteiger charge is -2.25. The molecule has 1 heterocycles. The van der Waals surface area contributed by atoms with Gasteiger partial charge in [-0.2, -0.15) is 0 Å². The van der Waals surface area contributed by atoms with Gasteiger partial charge in [0.1, 0.15) is 17.5 Å². The van der Waals surface area contributed by atoms with E-state index in [0.29, 0.717) is 107 Å². The van der Waals surface area contributed by atoms with Crippen molar-refractivity contribution in [3.8, 4) is 0 Å². The molecular weight excluding hydrogens is 1890 g/mol. The average molecular weight is 2130 g/mol. The monoisotopic (exact) mass is 2130 g/mol. The van der Waals surface area contributed by atoms with Crippen molar-refractivity contribution in [2.75, 3.05) is 0 Å². The van der Waals surface area contributed by atoms with E-state index in [-0.39, 0.29) is 28.8 Å². The Kier molecular flexibility index (Phi) is 67.9. The summed E-state index contributed by atoms with van der Waals surface area (Å²) in [6.07, 6.45) is 24.7. The lowest BCUT2D eigenvalue weighted by Crippen LogP contribution is -2.14. The predicted molar refractivity (Wildman–Crippen MR) is 675 cm³/mol. The van der Waals surface area contributed by atoms with Gasteiger partial charge in [-0.05, 0) is 374 Å². The maximum Gasteiger partial charge on any atom is 0.126 e. The van der Waals surface area contributed by atoms with Crippen LogP contribution in [-0.2, 0) is 0 Å². The number of hydrogen-bond donors (Lipinski definition) is 0. The van der Waals surface area contributed by atoms with Gasteiger partial charge >= 0.3 is 0 Å². The van der Waals surface area contributed by atoms with Crippen molar-refractivity contribution in [3.05, 3.63) is 288 Å². The van der Waals surface area contributed by atoms with Crippen LogP contribution in [0.2, 0.25) is 15.1 Å².